The van der Waals surface area contributed by atoms with E-state index in [0.29, 0.717) is 25.9 Å². The number of carboxylic acid groups (broad SMARTS) is 1. The number of piperidine rings is 1. The smallest absolute Gasteiger partial charge is 0.320 e. The summed E-state index contributed by atoms with van der Waals surface area (Å²) in [4.78, 5) is 12.4. The van der Waals surface area contributed by atoms with Gasteiger partial charge in [-0.3, -0.25) is 4.79 Å². The van der Waals surface area contributed by atoms with Crippen LogP contribution in [0.25, 0.3) is 0 Å². The lowest BCUT2D eigenvalue weighted by molar-refractivity contribution is -0.144. The van der Waals surface area contributed by atoms with Crippen LogP contribution in [0.1, 0.15) is 19.3 Å². The van der Waals surface area contributed by atoms with Crippen molar-refractivity contribution in [1.82, 2.24) is 4.90 Å². The van der Waals surface area contributed by atoms with E-state index < -0.39 is 30.3 Å². The third-order valence-electron chi connectivity index (χ3n) is 3.13. The summed E-state index contributed by atoms with van der Waals surface area (Å²) in [6.45, 7) is 1.26. The van der Waals surface area contributed by atoms with Gasteiger partial charge in [0.1, 0.15) is 6.04 Å². The molecule has 1 unspecified atom stereocenters. The van der Waals surface area contributed by atoms with E-state index in [1.807, 2.05) is 11.9 Å². The fraction of sp³-hybridized carbons (Fsp3) is 0.900. The van der Waals surface area contributed by atoms with Crippen molar-refractivity contribution in [3.05, 3.63) is 0 Å². The second kappa shape index (κ2) is 5.05. The molecular formula is C10H18F2N2O2. The summed E-state index contributed by atoms with van der Waals surface area (Å²) < 4.78 is 27.4. The SMILES string of the molecule is CN1CCC(C(F)(F)CC(N)C(=O)O)CC1. The molecule has 0 bridgehead atoms. The van der Waals surface area contributed by atoms with Gasteiger partial charge in [-0.2, -0.15) is 0 Å². The summed E-state index contributed by atoms with van der Waals surface area (Å²) in [5.41, 5.74) is 5.15. The van der Waals surface area contributed by atoms with Gasteiger partial charge >= 0.3 is 5.97 Å². The lowest BCUT2D eigenvalue weighted by atomic mass is 9.87. The van der Waals surface area contributed by atoms with E-state index in [1.165, 1.54) is 0 Å². The molecule has 0 aliphatic carbocycles. The molecule has 0 spiro atoms. The van der Waals surface area contributed by atoms with E-state index in [4.69, 9.17) is 10.8 Å². The molecule has 4 nitrogen and oxygen atoms in total. The van der Waals surface area contributed by atoms with Gasteiger partial charge in [0, 0.05) is 12.3 Å². The van der Waals surface area contributed by atoms with Crippen molar-refractivity contribution in [2.75, 3.05) is 20.1 Å². The van der Waals surface area contributed by atoms with Crippen LogP contribution in [0.5, 0.6) is 0 Å². The fourth-order valence-electron chi connectivity index (χ4n) is 1.98. The highest BCUT2D eigenvalue weighted by molar-refractivity contribution is 5.73. The van der Waals surface area contributed by atoms with Gasteiger partial charge in [0.25, 0.3) is 5.92 Å². The second-order valence-electron chi connectivity index (χ2n) is 4.49. The Balaban J connectivity index is 2.52. The topological polar surface area (TPSA) is 66.6 Å². The monoisotopic (exact) mass is 236 g/mol. The molecule has 0 aromatic rings. The predicted molar refractivity (Wildman–Crippen MR) is 55.4 cm³/mol. The Labute approximate surface area is 93.4 Å². The van der Waals surface area contributed by atoms with Gasteiger partial charge in [0.05, 0.1) is 0 Å². The van der Waals surface area contributed by atoms with E-state index in [9.17, 15) is 13.6 Å². The first kappa shape index (κ1) is 13.3. The van der Waals surface area contributed by atoms with Crippen LogP contribution in [0.2, 0.25) is 0 Å². The van der Waals surface area contributed by atoms with Crippen molar-refractivity contribution in [2.24, 2.45) is 11.7 Å². The van der Waals surface area contributed by atoms with Crippen molar-refractivity contribution in [2.45, 2.75) is 31.2 Å². The summed E-state index contributed by atoms with van der Waals surface area (Å²) in [6, 6.07) is -1.48. The summed E-state index contributed by atoms with van der Waals surface area (Å²) in [6.07, 6.45) is 0.0302. The maximum Gasteiger partial charge on any atom is 0.320 e. The van der Waals surface area contributed by atoms with E-state index in [1.54, 1.807) is 0 Å². The lowest BCUT2D eigenvalue weighted by Gasteiger charge is -2.34. The average molecular weight is 236 g/mol. The van der Waals surface area contributed by atoms with Crippen molar-refractivity contribution in [1.29, 1.82) is 0 Å². The van der Waals surface area contributed by atoms with Gasteiger partial charge in [0.2, 0.25) is 0 Å². The number of alkyl halides is 2. The number of carbonyl (C=O) groups is 1. The lowest BCUT2D eigenvalue weighted by Crippen LogP contribution is -2.44. The fourth-order valence-corrected chi connectivity index (χ4v) is 1.98. The Morgan fingerprint density at radius 1 is 1.56 bits per heavy atom. The zero-order valence-electron chi connectivity index (χ0n) is 9.33. The largest absolute Gasteiger partial charge is 0.480 e. The molecule has 1 aliphatic rings. The molecule has 0 aromatic heterocycles. The summed E-state index contributed by atoms with van der Waals surface area (Å²) >= 11 is 0. The molecule has 0 saturated carbocycles. The third-order valence-corrected chi connectivity index (χ3v) is 3.13. The predicted octanol–water partition coefficient (Wildman–Crippen LogP) is 0.766. The molecule has 1 heterocycles. The van der Waals surface area contributed by atoms with Gasteiger partial charge < -0.3 is 15.7 Å². The molecule has 1 fully saturated rings. The van der Waals surface area contributed by atoms with Crippen molar-refractivity contribution in [3.63, 3.8) is 0 Å². The number of halogens is 2. The highest BCUT2D eigenvalue weighted by Gasteiger charge is 2.42. The van der Waals surface area contributed by atoms with E-state index >= 15 is 0 Å². The normalized spacial score (nSPS) is 22.0. The minimum Gasteiger partial charge on any atom is -0.480 e. The minimum atomic E-state index is -2.97. The summed E-state index contributed by atoms with van der Waals surface area (Å²) in [7, 11) is 1.89. The summed E-state index contributed by atoms with van der Waals surface area (Å²) in [5.74, 6) is -5.08. The second-order valence-corrected chi connectivity index (χ2v) is 4.49. The molecule has 0 amide bonds. The molecule has 1 rings (SSSR count). The van der Waals surface area contributed by atoms with Crippen LogP contribution in [0.4, 0.5) is 8.78 Å². The van der Waals surface area contributed by atoms with Crippen LogP contribution >= 0.6 is 0 Å². The number of carboxylic acids is 1. The van der Waals surface area contributed by atoms with Crippen LogP contribution in [0.3, 0.4) is 0 Å². The molecule has 16 heavy (non-hydrogen) atoms. The Morgan fingerprint density at radius 3 is 2.50 bits per heavy atom. The molecule has 1 atom stereocenters. The van der Waals surface area contributed by atoms with Crippen molar-refractivity contribution in [3.8, 4) is 0 Å². The maximum atomic E-state index is 13.7. The van der Waals surface area contributed by atoms with E-state index in [2.05, 4.69) is 0 Å². The van der Waals surface area contributed by atoms with Crippen LogP contribution in [-0.2, 0) is 4.79 Å². The first-order valence-corrected chi connectivity index (χ1v) is 5.37. The molecule has 94 valence electrons. The number of likely N-dealkylation sites (tertiary alicyclic amines) is 1. The van der Waals surface area contributed by atoms with E-state index in [0.717, 1.165) is 0 Å². The van der Waals surface area contributed by atoms with Crippen molar-refractivity contribution < 1.29 is 18.7 Å². The third kappa shape index (κ3) is 3.38. The first-order valence-electron chi connectivity index (χ1n) is 5.37. The molecule has 1 aliphatic heterocycles. The number of nitrogens with zero attached hydrogens (tertiary/aromatic N) is 1. The Kier molecular flexibility index (Phi) is 4.21. The Bertz CT molecular complexity index is 253. The van der Waals surface area contributed by atoms with Gasteiger partial charge in [-0.1, -0.05) is 0 Å². The standard InChI is InChI=1S/C10H18F2N2O2/c1-14-4-2-7(3-5-14)10(11,12)6-8(13)9(15)16/h7-8H,2-6,13H2,1H3,(H,15,16). The quantitative estimate of drug-likeness (QED) is 0.756. The number of nitrogens with two attached hydrogens (primary N) is 1. The van der Waals surface area contributed by atoms with Gasteiger partial charge in [-0.25, -0.2) is 8.78 Å². The molecule has 1 saturated heterocycles. The highest BCUT2D eigenvalue weighted by Crippen LogP contribution is 2.36. The summed E-state index contributed by atoms with van der Waals surface area (Å²) in [5, 5.41) is 8.52. The van der Waals surface area contributed by atoms with Crippen LogP contribution in [0, 0.1) is 5.92 Å². The zero-order chi connectivity index (χ0) is 12.3. The Morgan fingerprint density at radius 2 is 2.06 bits per heavy atom. The van der Waals surface area contributed by atoms with Gasteiger partial charge in [-0.15, -0.1) is 0 Å². The molecule has 6 heteroatoms. The number of aliphatic carboxylic acids is 1. The van der Waals surface area contributed by atoms with E-state index in [-0.39, 0.29) is 0 Å². The number of hydrogen-bond acceptors (Lipinski definition) is 3. The maximum absolute atomic E-state index is 13.7. The molecule has 3 N–H and O–H groups in total. The number of rotatable bonds is 4. The molecule has 0 radical (unpaired) electrons. The van der Waals surface area contributed by atoms with Crippen LogP contribution < -0.4 is 5.73 Å². The minimum absolute atomic E-state index is 0.399. The zero-order valence-corrected chi connectivity index (χ0v) is 9.33. The Hall–Kier alpha value is -0.750. The molecule has 0 aromatic carbocycles. The van der Waals surface area contributed by atoms with Gasteiger partial charge in [0.15, 0.2) is 0 Å². The van der Waals surface area contributed by atoms with Crippen molar-refractivity contribution >= 4 is 5.97 Å². The van der Waals surface area contributed by atoms with Crippen LogP contribution in [-0.4, -0.2) is 48.1 Å². The first-order chi connectivity index (χ1) is 7.33. The number of hydrogen-bond donors (Lipinski definition) is 2. The molecular weight excluding hydrogens is 218 g/mol. The average Bonchev–Trinajstić information content (AvgIpc) is 2.17. The van der Waals surface area contributed by atoms with Crippen LogP contribution in [0.15, 0.2) is 0 Å². The van der Waals surface area contributed by atoms with Gasteiger partial charge in [-0.05, 0) is 33.0 Å². The highest BCUT2D eigenvalue weighted by atomic mass is 19.3.